The molecule has 0 amide bonds. The second-order valence-electron chi connectivity index (χ2n) is 6.60. The van der Waals surface area contributed by atoms with Crippen molar-refractivity contribution in [1.82, 2.24) is 27.8 Å². The zero-order valence-electron chi connectivity index (χ0n) is 14.9. The summed E-state index contributed by atoms with van der Waals surface area (Å²) >= 11 is 0.977. The Kier molecular flexibility index (Phi) is 4.23. The molecular weight excluding hydrogens is 412 g/mol. The van der Waals surface area contributed by atoms with Gasteiger partial charge in [-0.2, -0.15) is 18.2 Å². The van der Waals surface area contributed by atoms with Gasteiger partial charge in [-0.25, -0.2) is 13.1 Å². The molecule has 9 nitrogen and oxygen atoms in total. The molecule has 0 spiro atoms. The van der Waals surface area contributed by atoms with E-state index >= 15 is 0 Å². The number of nitrogens with zero attached hydrogens (tertiary/aromatic N) is 6. The van der Waals surface area contributed by atoms with Gasteiger partial charge in [-0.3, -0.25) is 9.78 Å². The zero-order valence-corrected chi connectivity index (χ0v) is 16.5. The number of sulfonamides is 1. The molecule has 1 aliphatic heterocycles. The lowest BCUT2D eigenvalue weighted by Crippen LogP contribution is -2.53. The van der Waals surface area contributed by atoms with Gasteiger partial charge in [0.2, 0.25) is 10.0 Å². The molecule has 29 heavy (non-hydrogen) atoms. The fourth-order valence-electron chi connectivity index (χ4n) is 3.26. The Balaban J connectivity index is 1.42. The van der Waals surface area contributed by atoms with Crippen LogP contribution in [0.4, 0.5) is 0 Å². The van der Waals surface area contributed by atoms with Crippen LogP contribution in [0, 0.1) is 0 Å². The van der Waals surface area contributed by atoms with Crippen molar-refractivity contribution in [3.05, 3.63) is 65.2 Å². The maximum Gasteiger partial charge on any atom is 0.267 e. The Morgan fingerprint density at radius 3 is 2.59 bits per heavy atom. The van der Waals surface area contributed by atoms with Gasteiger partial charge in [0.25, 0.3) is 5.56 Å². The largest absolute Gasteiger partial charge is 0.268 e. The highest BCUT2D eigenvalue weighted by Gasteiger charge is 2.39. The van der Waals surface area contributed by atoms with Crippen LogP contribution in [0.3, 0.4) is 0 Å². The topological polar surface area (TPSA) is 111 Å². The van der Waals surface area contributed by atoms with Gasteiger partial charge >= 0.3 is 0 Å². The summed E-state index contributed by atoms with van der Waals surface area (Å²) in [5.41, 5.74) is 2.12. The number of pyridine rings is 1. The first-order valence-electron chi connectivity index (χ1n) is 8.76. The number of hydrogen-bond acceptors (Lipinski definition) is 8. The van der Waals surface area contributed by atoms with Gasteiger partial charge in [-0.05, 0) is 30.3 Å². The highest BCUT2D eigenvalue weighted by molar-refractivity contribution is 7.89. The van der Waals surface area contributed by atoms with E-state index in [1.807, 2.05) is 0 Å². The Bertz CT molecular complexity index is 1360. The van der Waals surface area contributed by atoms with E-state index in [0.29, 0.717) is 16.7 Å². The molecule has 0 N–H and O–H groups in total. The van der Waals surface area contributed by atoms with E-state index in [0.717, 1.165) is 17.3 Å². The van der Waals surface area contributed by atoms with Crippen molar-refractivity contribution in [2.24, 2.45) is 0 Å². The normalized spacial score (nSPS) is 15.4. The second-order valence-corrected chi connectivity index (χ2v) is 9.04. The molecule has 0 bridgehead atoms. The molecule has 0 aliphatic carbocycles. The van der Waals surface area contributed by atoms with Crippen LogP contribution in [-0.4, -0.2) is 49.3 Å². The van der Waals surface area contributed by atoms with Gasteiger partial charge in [0.15, 0.2) is 0 Å². The summed E-state index contributed by atoms with van der Waals surface area (Å²) in [5.74, 6) is 0. The third-order valence-electron chi connectivity index (χ3n) is 4.84. The van der Waals surface area contributed by atoms with E-state index in [1.165, 1.54) is 21.1 Å². The summed E-state index contributed by atoms with van der Waals surface area (Å²) in [4.78, 5) is 16.4. The standard InChI is InChI=1S/C18H14N6O3S2/c25-17-5-4-14(12-6-8-19-9-7-12)20-24(17)13-10-23(11-13)29(26,27)16-3-1-2-15-18(16)22-28-21-15/h1-9,13H,10-11H2. The van der Waals surface area contributed by atoms with Crippen LogP contribution in [0.15, 0.2) is 64.5 Å². The van der Waals surface area contributed by atoms with Crippen molar-refractivity contribution in [2.45, 2.75) is 10.9 Å². The lowest BCUT2D eigenvalue weighted by molar-refractivity contribution is 0.186. The maximum absolute atomic E-state index is 13.0. The number of aromatic nitrogens is 5. The minimum absolute atomic E-state index is 0.132. The summed E-state index contributed by atoms with van der Waals surface area (Å²) in [6, 6.07) is 11.3. The fraction of sp³-hybridized carbons (Fsp3) is 0.167. The minimum atomic E-state index is -3.73. The smallest absolute Gasteiger partial charge is 0.267 e. The van der Waals surface area contributed by atoms with Crippen LogP contribution < -0.4 is 5.56 Å². The van der Waals surface area contributed by atoms with Gasteiger partial charge in [-0.15, -0.1) is 0 Å². The van der Waals surface area contributed by atoms with Crippen molar-refractivity contribution >= 4 is 32.8 Å². The Morgan fingerprint density at radius 1 is 1.00 bits per heavy atom. The van der Waals surface area contributed by atoms with Gasteiger partial charge in [0.1, 0.15) is 15.9 Å². The Hall–Kier alpha value is -3.02. The molecule has 11 heteroatoms. The van der Waals surface area contributed by atoms with E-state index in [9.17, 15) is 13.2 Å². The lowest BCUT2D eigenvalue weighted by atomic mass is 10.1. The van der Waals surface area contributed by atoms with Crippen molar-refractivity contribution < 1.29 is 8.42 Å². The first kappa shape index (κ1) is 18.0. The van der Waals surface area contributed by atoms with Crippen molar-refractivity contribution in [3.63, 3.8) is 0 Å². The molecule has 4 heterocycles. The molecule has 0 radical (unpaired) electrons. The first-order chi connectivity index (χ1) is 14.0. The molecule has 1 fully saturated rings. The van der Waals surface area contributed by atoms with Crippen LogP contribution in [-0.2, 0) is 10.0 Å². The third kappa shape index (κ3) is 3.03. The maximum atomic E-state index is 13.0. The van der Waals surface area contributed by atoms with Gasteiger partial charge in [0, 0.05) is 37.1 Å². The molecule has 1 aromatic carbocycles. The zero-order chi connectivity index (χ0) is 20.0. The van der Waals surface area contributed by atoms with E-state index in [2.05, 4.69) is 18.8 Å². The molecule has 0 unspecified atom stereocenters. The third-order valence-corrected chi connectivity index (χ3v) is 7.25. The first-order valence-corrected chi connectivity index (χ1v) is 10.9. The van der Waals surface area contributed by atoms with Crippen LogP contribution in [0.25, 0.3) is 22.3 Å². The Labute approximate surface area is 169 Å². The summed E-state index contributed by atoms with van der Waals surface area (Å²) in [5, 5.41) is 4.43. The highest BCUT2D eigenvalue weighted by atomic mass is 32.2. The quantitative estimate of drug-likeness (QED) is 0.487. The van der Waals surface area contributed by atoms with E-state index < -0.39 is 10.0 Å². The monoisotopic (exact) mass is 426 g/mol. The predicted molar refractivity (Wildman–Crippen MR) is 107 cm³/mol. The average molecular weight is 426 g/mol. The van der Waals surface area contributed by atoms with Crippen molar-refractivity contribution in [3.8, 4) is 11.3 Å². The molecule has 4 aromatic rings. The van der Waals surface area contributed by atoms with Crippen LogP contribution >= 0.6 is 11.7 Å². The van der Waals surface area contributed by atoms with E-state index in [1.54, 1.807) is 42.7 Å². The number of benzene rings is 1. The van der Waals surface area contributed by atoms with Gasteiger partial charge in [-0.1, -0.05) is 6.07 Å². The van der Waals surface area contributed by atoms with Crippen LogP contribution in [0.1, 0.15) is 6.04 Å². The molecule has 0 atom stereocenters. The molecule has 0 saturated carbocycles. The number of fused-ring (bicyclic) bond motifs is 1. The molecular formula is C18H14N6O3S2. The molecule has 3 aromatic heterocycles. The average Bonchev–Trinajstić information content (AvgIpc) is 3.17. The summed E-state index contributed by atoms with van der Waals surface area (Å²) in [6.07, 6.45) is 3.30. The van der Waals surface area contributed by atoms with Crippen LogP contribution in [0.2, 0.25) is 0 Å². The molecule has 1 saturated heterocycles. The minimum Gasteiger partial charge on any atom is -0.268 e. The summed E-state index contributed by atoms with van der Waals surface area (Å²) in [6.45, 7) is 0.339. The van der Waals surface area contributed by atoms with Gasteiger partial charge in [0.05, 0.1) is 23.5 Å². The van der Waals surface area contributed by atoms with E-state index in [-0.39, 0.29) is 29.6 Å². The second kappa shape index (κ2) is 6.79. The van der Waals surface area contributed by atoms with Crippen molar-refractivity contribution in [1.29, 1.82) is 0 Å². The van der Waals surface area contributed by atoms with Crippen LogP contribution in [0.5, 0.6) is 0 Å². The summed E-state index contributed by atoms with van der Waals surface area (Å²) < 4.78 is 36.9. The number of rotatable bonds is 4. The Morgan fingerprint density at radius 2 is 1.79 bits per heavy atom. The molecule has 1 aliphatic rings. The number of hydrogen-bond donors (Lipinski definition) is 0. The fourth-order valence-corrected chi connectivity index (χ4v) is 5.53. The summed E-state index contributed by atoms with van der Waals surface area (Å²) in [7, 11) is -3.73. The molecule has 146 valence electrons. The van der Waals surface area contributed by atoms with Crippen molar-refractivity contribution in [2.75, 3.05) is 13.1 Å². The SMILES string of the molecule is O=c1ccc(-c2ccncc2)nn1C1CN(S(=O)(=O)c2cccc3nsnc23)C1. The lowest BCUT2D eigenvalue weighted by Gasteiger charge is -2.38. The highest BCUT2D eigenvalue weighted by Crippen LogP contribution is 2.30. The van der Waals surface area contributed by atoms with Gasteiger partial charge < -0.3 is 0 Å². The van der Waals surface area contributed by atoms with E-state index in [4.69, 9.17) is 0 Å². The predicted octanol–water partition coefficient (Wildman–Crippen LogP) is 1.56. The molecule has 5 rings (SSSR count).